The molecular weight excluding hydrogens is 1380 g/mol. The molecule has 109 heavy (non-hydrogen) atoms. The molecule has 1 unspecified atom stereocenters. The standard InChI is InChI=1S/C104H94N4Se/c1-100(2,3)68-39-30-37-65(52-68)83-57-70(102(7,8)9)55-81(63-32-18-16-19-33-63)97(83)107-87-61-73(105-85-45-27-24-42-76(85)93-75-41-23-22-36-67(75)54-89(93)105)48-50-78(87)94-79-51-49-74(106-86-46-28-25-43-77(86)95-80-44-26-29-47-92(80)109-99(95)106)62-88(79)108(91-60-72(104(13,14)15)59-90(107)96(91)94)98-82(64-34-20-17-21-35-64)56-71(103(10,11)12)58-84(98)66-38-31-40-69(53-66)101(4,5)6/h16-53,55-62,94H,54H2,1-15H3/i22D,23D,24D,25D,26D,27D,28D,29D,36D,41D,42D,43D,44D,45D,46D,47D,48D,49D,50D,51D,61D,62D. The third-order valence-corrected chi connectivity index (χ3v) is 24.5. The maximum absolute atomic E-state index is 12.1. The number of hydrogen-bond acceptors (Lipinski definition) is 2. The van der Waals surface area contributed by atoms with Gasteiger partial charge in [0.25, 0.3) is 0 Å². The zero-order chi connectivity index (χ0) is 94.3. The Morgan fingerprint density at radius 2 is 0.780 bits per heavy atom. The average Bonchev–Trinajstić information content (AvgIpc) is 1.61. The van der Waals surface area contributed by atoms with Gasteiger partial charge in [-0.1, -0.05) is 159 Å². The molecule has 536 valence electrons. The second kappa shape index (κ2) is 24.8. The summed E-state index contributed by atoms with van der Waals surface area (Å²) in [6, 6.07) is 36.7. The van der Waals surface area contributed by atoms with Crippen molar-refractivity contribution in [3.05, 3.63) is 334 Å². The molecule has 13 aromatic carbocycles. The molecule has 5 heterocycles. The third-order valence-electron chi connectivity index (χ3n) is 22.2. The Morgan fingerprint density at radius 3 is 1.29 bits per heavy atom. The van der Waals surface area contributed by atoms with Gasteiger partial charge in [0.15, 0.2) is 0 Å². The number of anilines is 6. The Kier molecular flexibility index (Phi) is 11.0. The Bertz CT molecular complexity index is 7800. The van der Waals surface area contributed by atoms with Crippen LogP contribution in [0.5, 0.6) is 0 Å². The van der Waals surface area contributed by atoms with E-state index in [1.165, 1.54) is 9.13 Å². The van der Waals surface area contributed by atoms with Crippen LogP contribution >= 0.6 is 0 Å². The zero-order valence-electron chi connectivity index (χ0n) is 85.8. The molecule has 3 aromatic heterocycles. The summed E-state index contributed by atoms with van der Waals surface area (Å²) < 4.78 is 226. The topological polar surface area (TPSA) is 16.3 Å². The first-order valence-corrected chi connectivity index (χ1v) is 39.1. The van der Waals surface area contributed by atoms with E-state index in [2.05, 4.69) is 165 Å². The predicted octanol–water partition coefficient (Wildman–Crippen LogP) is 28.4. The van der Waals surface area contributed by atoms with Gasteiger partial charge >= 0.3 is 422 Å². The van der Waals surface area contributed by atoms with Crippen molar-refractivity contribution in [3.63, 3.8) is 0 Å². The van der Waals surface area contributed by atoms with Gasteiger partial charge in [-0.15, -0.1) is 0 Å². The number of rotatable bonds is 8. The van der Waals surface area contributed by atoms with Crippen molar-refractivity contribution in [1.29, 1.82) is 0 Å². The summed E-state index contributed by atoms with van der Waals surface area (Å²) >= 11 is -1.22. The van der Waals surface area contributed by atoms with Crippen molar-refractivity contribution in [2.75, 3.05) is 9.80 Å². The molecule has 0 saturated carbocycles. The first kappa shape index (κ1) is 48.5. The van der Waals surface area contributed by atoms with E-state index in [4.69, 9.17) is 5.48 Å². The summed E-state index contributed by atoms with van der Waals surface area (Å²) in [4.78, 5) is 4.01. The molecule has 0 N–H and O–H groups in total. The number of aromatic nitrogens is 2. The number of fused-ring (bicyclic) bond motifs is 14. The van der Waals surface area contributed by atoms with Crippen LogP contribution in [0.4, 0.5) is 34.1 Å². The van der Waals surface area contributed by atoms with Gasteiger partial charge in [-0.25, -0.2) is 0 Å². The van der Waals surface area contributed by atoms with Crippen molar-refractivity contribution < 1.29 is 30.2 Å². The monoisotopic (exact) mass is 1500 g/mol. The van der Waals surface area contributed by atoms with Gasteiger partial charge in [-0.3, -0.25) is 0 Å². The van der Waals surface area contributed by atoms with Gasteiger partial charge in [0.1, 0.15) is 0 Å². The van der Waals surface area contributed by atoms with E-state index in [0.717, 1.165) is 44.5 Å². The van der Waals surface area contributed by atoms with E-state index >= 15 is 0 Å². The zero-order valence-corrected chi connectivity index (χ0v) is 65.6. The number of para-hydroxylation sites is 2. The molecule has 5 heteroatoms. The van der Waals surface area contributed by atoms with E-state index in [9.17, 15) is 24.7 Å². The van der Waals surface area contributed by atoms with E-state index < -0.39 is 174 Å². The molecule has 1 atom stereocenters. The Labute approximate surface area is 680 Å². The Hall–Kier alpha value is -10.9. The summed E-state index contributed by atoms with van der Waals surface area (Å²) in [7, 11) is 0. The van der Waals surface area contributed by atoms with E-state index in [0.29, 0.717) is 56.1 Å². The van der Waals surface area contributed by atoms with Crippen LogP contribution in [0.1, 0.15) is 196 Å². The molecule has 2 aliphatic heterocycles. The van der Waals surface area contributed by atoms with Gasteiger partial charge in [0.05, 0.1) is 16.5 Å². The number of nitrogens with zero attached hydrogens (tertiary/aromatic N) is 4. The SMILES string of the molecule is [2H]c1c([2H])c([2H])c2c(c1[2H])Cc1c-2c2c([2H])c([2H])c([2H])c([2H])c2n1-c1c([2H])c([2H])c2c(c1[2H])N(c1c(-c3ccccc3)cc(C(C)(C)C)cc1-c1cccc(C(C)(C)C)c1)c1cc(C(C)(C)C)cc3c1C2c1c([2H])c([2H])c(-n2c4[se]c5c([2H])c([2H])c([2H])c([2H])c5c4c4c([2H])c([2H])c([2H])c([2H])c42)c([2H])c1N3c1c(-c2ccccc2)cc(C(C)(C)C)cc1-c1cccc(C(C)(C)C)c1. The molecule has 16 aromatic rings. The van der Waals surface area contributed by atoms with Gasteiger partial charge < -0.3 is 0 Å². The molecule has 0 amide bonds. The summed E-state index contributed by atoms with van der Waals surface area (Å²) in [5, 5.41) is -0.222. The first-order valence-electron chi connectivity index (χ1n) is 48.3. The minimum atomic E-state index is -1.59. The fraction of sp³-hybridized carbons (Fsp3) is 0.212. The molecule has 0 fully saturated rings. The number of benzene rings is 13. The number of hydrogen-bond donors (Lipinski definition) is 0. The minimum absolute atomic E-state index is 0.000988. The van der Waals surface area contributed by atoms with Crippen LogP contribution in [0.3, 0.4) is 0 Å². The van der Waals surface area contributed by atoms with Gasteiger partial charge in [-0.2, -0.15) is 0 Å². The first-order chi connectivity index (χ1) is 61.4. The molecular formula is C104H94N4Se. The average molecular weight is 1500 g/mol. The van der Waals surface area contributed by atoms with Crippen LogP contribution in [0.15, 0.2) is 279 Å². The summed E-state index contributed by atoms with van der Waals surface area (Å²) in [6.45, 7) is 31.9. The second-order valence-electron chi connectivity index (χ2n) is 34.4. The van der Waals surface area contributed by atoms with Crippen LogP contribution in [0.2, 0.25) is 0 Å². The van der Waals surface area contributed by atoms with Crippen LogP contribution < -0.4 is 9.80 Å². The Morgan fingerprint density at radius 1 is 0.358 bits per heavy atom. The molecule has 0 radical (unpaired) electrons. The fourth-order valence-corrected chi connectivity index (χ4v) is 18.8. The van der Waals surface area contributed by atoms with E-state index in [1.54, 1.807) is 0 Å². The van der Waals surface area contributed by atoms with E-state index in [1.807, 2.05) is 94.7 Å². The summed E-state index contributed by atoms with van der Waals surface area (Å²) in [5.74, 6) is -1.59. The second-order valence-corrected chi connectivity index (χ2v) is 36.5. The van der Waals surface area contributed by atoms with Crippen molar-refractivity contribution in [1.82, 2.24) is 9.13 Å². The van der Waals surface area contributed by atoms with Crippen LogP contribution in [0.25, 0.3) is 108 Å². The molecule has 0 bridgehead atoms. The predicted molar refractivity (Wildman–Crippen MR) is 466 cm³/mol. The molecule has 19 rings (SSSR count). The quantitative estimate of drug-likeness (QED) is 0.141. The summed E-state index contributed by atoms with van der Waals surface area (Å²) in [6.07, 6.45) is -0.333. The van der Waals surface area contributed by atoms with Crippen molar-refractivity contribution >= 4 is 89.9 Å². The summed E-state index contributed by atoms with van der Waals surface area (Å²) in [5.41, 5.74) is 7.94. The van der Waals surface area contributed by atoms with Crippen molar-refractivity contribution in [2.45, 2.75) is 143 Å². The maximum atomic E-state index is 12.1. The van der Waals surface area contributed by atoms with Crippen LogP contribution in [0, 0.1) is 0 Å². The van der Waals surface area contributed by atoms with Crippen LogP contribution in [-0.4, -0.2) is 23.6 Å². The molecule has 1 aliphatic carbocycles. The Balaban J connectivity index is 1.09. The molecule has 0 saturated heterocycles. The van der Waals surface area contributed by atoms with Crippen molar-refractivity contribution in [2.24, 2.45) is 0 Å². The van der Waals surface area contributed by atoms with Crippen LogP contribution in [-0.2, 0) is 33.5 Å². The third kappa shape index (κ3) is 11.1. The molecule has 4 nitrogen and oxygen atoms in total. The molecule has 3 aliphatic rings. The normalized spacial score (nSPS) is 17.0. The van der Waals surface area contributed by atoms with Gasteiger partial charge in [0, 0.05) is 23.1 Å². The van der Waals surface area contributed by atoms with E-state index in [-0.39, 0.29) is 110 Å². The van der Waals surface area contributed by atoms with Gasteiger partial charge in [0.2, 0.25) is 0 Å². The van der Waals surface area contributed by atoms with Gasteiger partial charge in [-0.05, 0) is 62.4 Å². The van der Waals surface area contributed by atoms with Crippen molar-refractivity contribution in [3.8, 4) is 67.0 Å². The fourth-order valence-electron chi connectivity index (χ4n) is 16.4. The molecule has 0 spiro atoms.